The minimum atomic E-state index is 0.198. The van der Waals surface area contributed by atoms with Crippen LogP contribution >= 0.6 is 0 Å². The minimum absolute atomic E-state index is 0.198. The van der Waals surface area contributed by atoms with Gasteiger partial charge < -0.3 is 15.2 Å². The van der Waals surface area contributed by atoms with E-state index in [2.05, 4.69) is 26.1 Å². The molecule has 3 rings (SSSR count). The molecule has 0 spiro atoms. The molecule has 2 fully saturated rings. The van der Waals surface area contributed by atoms with Crippen molar-refractivity contribution in [2.24, 2.45) is 16.7 Å². The van der Waals surface area contributed by atoms with Gasteiger partial charge in [-0.3, -0.25) is 0 Å². The first-order valence-corrected chi connectivity index (χ1v) is 7.50. The van der Waals surface area contributed by atoms with E-state index in [1.54, 1.807) is 13.2 Å². The van der Waals surface area contributed by atoms with Crippen molar-refractivity contribution in [3.8, 4) is 11.5 Å². The number of phenols is 1. The van der Waals surface area contributed by atoms with Crippen LogP contribution in [0.4, 0.5) is 5.69 Å². The number of hydrogen-bond donors (Lipinski definition) is 2. The highest BCUT2D eigenvalue weighted by Crippen LogP contribution is 2.63. The summed E-state index contributed by atoms with van der Waals surface area (Å²) >= 11 is 0. The lowest BCUT2D eigenvalue weighted by Gasteiger charge is -2.43. The molecular weight excluding hydrogens is 250 g/mol. The molecule has 0 amide bonds. The zero-order valence-electron chi connectivity index (χ0n) is 12.9. The number of methoxy groups -OCH3 is 1. The highest BCUT2D eigenvalue weighted by atomic mass is 16.5. The highest BCUT2D eigenvalue weighted by molar-refractivity contribution is 5.55. The normalized spacial score (nSPS) is 34.2. The lowest BCUT2D eigenvalue weighted by molar-refractivity contribution is 0.155. The number of nitrogens with one attached hydrogen (secondary N) is 1. The van der Waals surface area contributed by atoms with Crippen LogP contribution in [-0.4, -0.2) is 18.3 Å². The van der Waals surface area contributed by atoms with Crippen molar-refractivity contribution in [2.45, 2.75) is 46.1 Å². The van der Waals surface area contributed by atoms with E-state index < -0.39 is 0 Å². The van der Waals surface area contributed by atoms with Gasteiger partial charge in [-0.15, -0.1) is 0 Å². The van der Waals surface area contributed by atoms with E-state index in [0.717, 1.165) is 11.6 Å². The number of rotatable bonds is 3. The van der Waals surface area contributed by atoms with Gasteiger partial charge in [0, 0.05) is 17.8 Å². The Hall–Kier alpha value is -1.38. The molecule has 3 atom stereocenters. The Morgan fingerprint density at radius 1 is 1.30 bits per heavy atom. The van der Waals surface area contributed by atoms with Gasteiger partial charge in [-0.2, -0.15) is 0 Å². The van der Waals surface area contributed by atoms with Gasteiger partial charge in [-0.05, 0) is 48.1 Å². The Morgan fingerprint density at radius 2 is 2.05 bits per heavy atom. The number of anilines is 1. The van der Waals surface area contributed by atoms with E-state index in [1.807, 2.05) is 12.1 Å². The third kappa shape index (κ3) is 1.87. The molecule has 0 saturated heterocycles. The SMILES string of the molecule is COc1ccc(NC2C(C)(C)[C@H]3CC[C@]2(C)C3)cc1O. The molecule has 110 valence electrons. The molecule has 2 saturated carbocycles. The van der Waals surface area contributed by atoms with Gasteiger partial charge in [-0.25, -0.2) is 0 Å². The standard InChI is InChI=1S/C17H25NO2/c1-16(2)11-7-8-17(3,10-11)15(16)18-12-5-6-14(20-4)13(19)9-12/h5-6,9,11,15,18-19H,7-8,10H2,1-4H3/t11-,15?,17+/m0/s1. The molecule has 0 heterocycles. The number of aromatic hydroxyl groups is 1. The van der Waals surface area contributed by atoms with E-state index in [0.29, 0.717) is 22.6 Å². The summed E-state index contributed by atoms with van der Waals surface area (Å²) in [7, 11) is 1.57. The summed E-state index contributed by atoms with van der Waals surface area (Å²) in [5.41, 5.74) is 1.67. The van der Waals surface area contributed by atoms with Crippen LogP contribution in [0.1, 0.15) is 40.0 Å². The van der Waals surface area contributed by atoms with Gasteiger partial charge in [0.15, 0.2) is 11.5 Å². The Balaban J connectivity index is 1.86. The summed E-state index contributed by atoms with van der Waals surface area (Å²) in [4.78, 5) is 0. The van der Waals surface area contributed by atoms with Crippen LogP contribution in [0.25, 0.3) is 0 Å². The average Bonchev–Trinajstić information content (AvgIpc) is 2.86. The average molecular weight is 275 g/mol. The maximum Gasteiger partial charge on any atom is 0.160 e. The van der Waals surface area contributed by atoms with Crippen molar-refractivity contribution in [3.05, 3.63) is 18.2 Å². The summed E-state index contributed by atoms with van der Waals surface area (Å²) in [6.45, 7) is 7.16. The Morgan fingerprint density at radius 3 is 2.60 bits per heavy atom. The maximum absolute atomic E-state index is 9.93. The van der Waals surface area contributed by atoms with Crippen molar-refractivity contribution in [1.29, 1.82) is 0 Å². The van der Waals surface area contributed by atoms with E-state index in [4.69, 9.17) is 4.74 Å². The van der Waals surface area contributed by atoms with E-state index in [-0.39, 0.29) is 5.75 Å². The van der Waals surface area contributed by atoms with E-state index in [9.17, 15) is 5.11 Å². The molecule has 1 aromatic carbocycles. The van der Waals surface area contributed by atoms with Crippen molar-refractivity contribution in [2.75, 3.05) is 12.4 Å². The second kappa shape index (κ2) is 4.31. The molecule has 1 unspecified atom stereocenters. The first-order chi connectivity index (χ1) is 9.37. The molecule has 0 radical (unpaired) electrons. The predicted molar refractivity (Wildman–Crippen MR) is 81.3 cm³/mol. The summed E-state index contributed by atoms with van der Waals surface area (Å²) in [6.07, 6.45) is 3.98. The van der Waals surface area contributed by atoms with Crippen LogP contribution in [0.2, 0.25) is 0 Å². The third-order valence-corrected chi connectivity index (χ3v) is 5.76. The van der Waals surface area contributed by atoms with Crippen molar-refractivity contribution < 1.29 is 9.84 Å². The molecule has 3 heteroatoms. The number of benzene rings is 1. The summed E-state index contributed by atoms with van der Waals surface area (Å²) < 4.78 is 5.10. The van der Waals surface area contributed by atoms with Gasteiger partial charge in [0.25, 0.3) is 0 Å². The summed E-state index contributed by atoms with van der Waals surface area (Å²) in [5.74, 6) is 1.54. The van der Waals surface area contributed by atoms with Gasteiger partial charge in [0.1, 0.15) is 0 Å². The zero-order valence-corrected chi connectivity index (χ0v) is 12.9. The Labute approximate surface area is 121 Å². The fraction of sp³-hybridized carbons (Fsp3) is 0.647. The van der Waals surface area contributed by atoms with Crippen LogP contribution in [0.5, 0.6) is 11.5 Å². The quantitative estimate of drug-likeness (QED) is 0.875. The molecule has 0 aliphatic heterocycles. The zero-order chi connectivity index (χ0) is 14.5. The summed E-state index contributed by atoms with van der Waals surface area (Å²) in [5, 5.41) is 13.6. The molecule has 20 heavy (non-hydrogen) atoms. The second-order valence-corrected chi connectivity index (χ2v) is 7.38. The molecular formula is C17H25NO2. The summed E-state index contributed by atoms with van der Waals surface area (Å²) in [6, 6.07) is 6.04. The third-order valence-electron chi connectivity index (χ3n) is 5.76. The number of ether oxygens (including phenoxy) is 1. The topological polar surface area (TPSA) is 41.5 Å². The second-order valence-electron chi connectivity index (χ2n) is 7.38. The lowest BCUT2D eigenvalue weighted by atomic mass is 9.68. The van der Waals surface area contributed by atoms with Crippen LogP contribution in [0.15, 0.2) is 18.2 Å². The van der Waals surface area contributed by atoms with Crippen LogP contribution in [0.3, 0.4) is 0 Å². The maximum atomic E-state index is 9.93. The number of phenolic OH excluding ortho intramolecular Hbond substituents is 1. The van der Waals surface area contributed by atoms with Crippen molar-refractivity contribution in [3.63, 3.8) is 0 Å². The van der Waals surface area contributed by atoms with E-state index in [1.165, 1.54) is 19.3 Å². The smallest absolute Gasteiger partial charge is 0.160 e. The Kier molecular flexibility index (Phi) is 2.93. The monoisotopic (exact) mass is 275 g/mol. The fourth-order valence-electron chi connectivity index (χ4n) is 4.61. The van der Waals surface area contributed by atoms with Gasteiger partial charge in [-0.1, -0.05) is 20.8 Å². The van der Waals surface area contributed by atoms with Gasteiger partial charge in [0.2, 0.25) is 0 Å². The molecule has 2 aliphatic carbocycles. The highest BCUT2D eigenvalue weighted by Gasteiger charge is 2.59. The van der Waals surface area contributed by atoms with E-state index >= 15 is 0 Å². The number of fused-ring (bicyclic) bond motifs is 2. The predicted octanol–water partition coefficient (Wildman–Crippen LogP) is 4.03. The van der Waals surface area contributed by atoms with Crippen LogP contribution in [-0.2, 0) is 0 Å². The fourth-order valence-corrected chi connectivity index (χ4v) is 4.61. The largest absolute Gasteiger partial charge is 0.504 e. The van der Waals surface area contributed by atoms with Crippen molar-refractivity contribution in [1.82, 2.24) is 0 Å². The van der Waals surface area contributed by atoms with Gasteiger partial charge >= 0.3 is 0 Å². The minimum Gasteiger partial charge on any atom is -0.504 e. The Bertz CT molecular complexity index is 521. The molecule has 1 aromatic rings. The molecule has 2 N–H and O–H groups in total. The van der Waals surface area contributed by atoms with Crippen LogP contribution in [0, 0.1) is 16.7 Å². The van der Waals surface area contributed by atoms with Crippen molar-refractivity contribution >= 4 is 5.69 Å². The molecule has 2 bridgehead atoms. The first-order valence-electron chi connectivity index (χ1n) is 7.50. The molecule has 2 aliphatic rings. The van der Waals surface area contributed by atoms with Crippen LogP contribution < -0.4 is 10.1 Å². The molecule has 0 aromatic heterocycles. The number of hydrogen-bond acceptors (Lipinski definition) is 3. The first kappa shape index (κ1) is 13.6. The lowest BCUT2D eigenvalue weighted by Crippen LogP contribution is -2.45. The van der Waals surface area contributed by atoms with Gasteiger partial charge in [0.05, 0.1) is 7.11 Å². The molecule has 3 nitrogen and oxygen atoms in total.